The van der Waals surface area contributed by atoms with Crippen LogP contribution in [0.3, 0.4) is 0 Å². The van der Waals surface area contributed by atoms with Crippen molar-refractivity contribution in [3.8, 4) is 11.5 Å². The molecular formula is C38H32ClN3O5S. The van der Waals surface area contributed by atoms with Gasteiger partial charge in [0.25, 0.3) is 11.8 Å². The molecule has 0 aliphatic heterocycles. The Labute approximate surface area is 288 Å². The van der Waals surface area contributed by atoms with Crippen molar-refractivity contribution in [2.45, 2.75) is 10.1 Å². The van der Waals surface area contributed by atoms with Crippen LogP contribution in [0, 0.1) is 0 Å². The van der Waals surface area contributed by atoms with E-state index in [9.17, 15) is 14.4 Å². The van der Waals surface area contributed by atoms with Crippen molar-refractivity contribution >= 4 is 58.5 Å². The first-order valence-corrected chi connectivity index (χ1v) is 16.1. The maximum atomic E-state index is 13.6. The average molecular weight is 678 g/mol. The molecular weight excluding hydrogens is 646 g/mol. The Morgan fingerprint density at radius 2 is 1.42 bits per heavy atom. The Kier molecular flexibility index (Phi) is 11.5. The fourth-order valence-corrected chi connectivity index (χ4v) is 5.98. The van der Waals surface area contributed by atoms with Crippen molar-refractivity contribution in [1.29, 1.82) is 0 Å². The summed E-state index contributed by atoms with van der Waals surface area (Å²) in [5.41, 5.74) is 2.95. The Hall–Kier alpha value is -5.51. The molecule has 8 nitrogen and oxygen atoms in total. The van der Waals surface area contributed by atoms with Crippen molar-refractivity contribution in [2.75, 3.05) is 24.9 Å². The van der Waals surface area contributed by atoms with Crippen LogP contribution in [0.2, 0.25) is 5.02 Å². The molecule has 1 unspecified atom stereocenters. The van der Waals surface area contributed by atoms with Crippen LogP contribution < -0.4 is 25.4 Å². The number of amides is 3. The van der Waals surface area contributed by atoms with Gasteiger partial charge in [-0.2, -0.15) is 0 Å². The van der Waals surface area contributed by atoms with Crippen LogP contribution in [0.15, 0.2) is 138 Å². The third-order valence-corrected chi connectivity index (χ3v) is 8.60. The third-order valence-electron chi connectivity index (χ3n) is 7.06. The Morgan fingerprint density at radius 1 is 0.729 bits per heavy atom. The quantitative estimate of drug-likeness (QED) is 0.0908. The number of rotatable bonds is 12. The molecule has 5 aromatic rings. The summed E-state index contributed by atoms with van der Waals surface area (Å²) in [6, 6.07) is 37.4. The molecule has 0 aliphatic carbocycles. The Morgan fingerprint density at radius 3 is 2.08 bits per heavy atom. The number of ether oxygens (including phenoxy) is 2. The minimum atomic E-state index is -0.631. The second-order valence-electron chi connectivity index (χ2n) is 10.4. The van der Waals surface area contributed by atoms with E-state index in [1.807, 2.05) is 42.5 Å². The van der Waals surface area contributed by atoms with Gasteiger partial charge in [0.2, 0.25) is 5.91 Å². The van der Waals surface area contributed by atoms with Gasteiger partial charge >= 0.3 is 0 Å². The fourth-order valence-electron chi connectivity index (χ4n) is 4.64. The van der Waals surface area contributed by atoms with Gasteiger partial charge < -0.3 is 25.4 Å². The summed E-state index contributed by atoms with van der Waals surface area (Å²) in [6.45, 7) is 0. The van der Waals surface area contributed by atoms with E-state index in [4.69, 9.17) is 21.1 Å². The molecule has 0 saturated heterocycles. The van der Waals surface area contributed by atoms with E-state index in [1.54, 1.807) is 98.1 Å². The first kappa shape index (κ1) is 33.8. The zero-order valence-electron chi connectivity index (χ0n) is 26.1. The molecule has 5 rings (SSSR count). The topological polar surface area (TPSA) is 106 Å². The van der Waals surface area contributed by atoms with Gasteiger partial charge in [-0.15, -0.1) is 11.8 Å². The van der Waals surface area contributed by atoms with E-state index >= 15 is 0 Å². The normalized spacial score (nSPS) is 11.6. The maximum Gasteiger partial charge on any atom is 0.272 e. The number of hydrogen-bond acceptors (Lipinski definition) is 6. The first-order valence-electron chi connectivity index (χ1n) is 14.8. The lowest BCUT2D eigenvalue weighted by Crippen LogP contribution is -2.30. The van der Waals surface area contributed by atoms with Crippen LogP contribution in [0.5, 0.6) is 11.5 Å². The van der Waals surface area contributed by atoms with Crippen molar-refractivity contribution in [3.63, 3.8) is 0 Å². The molecule has 3 N–H and O–H groups in total. The molecule has 10 heteroatoms. The average Bonchev–Trinajstić information content (AvgIpc) is 3.11. The molecule has 0 radical (unpaired) electrons. The molecule has 0 spiro atoms. The van der Waals surface area contributed by atoms with Crippen LogP contribution in [0.4, 0.5) is 11.4 Å². The van der Waals surface area contributed by atoms with Crippen LogP contribution in [-0.4, -0.2) is 31.9 Å². The molecule has 5 aromatic carbocycles. The van der Waals surface area contributed by atoms with Crippen LogP contribution in [0.1, 0.15) is 26.7 Å². The number of thioether (sulfide) groups is 1. The van der Waals surface area contributed by atoms with Crippen LogP contribution >= 0.6 is 23.4 Å². The lowest BCUT2D eigenvalue weighted by molar-refractivity contribution is -0.116. The van der Waals surface area contributed by atoms with Crippen molar-refractivity contribution in [2.24, 2.45) is 0 Å². The van der Waals surface area contributed by atoms with Crippen molar-refractivity contribution in [1.82, 2.24) is 5.32 Å². The van der Waals surface area contributed by atoms with Gasteiger partial charge in [-0.1, -0.05) is 78.3 Å². The van der Waals surface area contributed by atoms with Gasteiger partial charge in [0.05, 0.1) is 19.2 Å². The summed E-state index contributed by atoms with van der Waals surface area (Å²) < 4.78 is 10.5. The third kappa shape index (κ3) is 9.06. The highest BCUT2D eigenvalue weighted by atomic mass is 35.5. The number of anilines is 2. The van der Waals surface area contributed by atoms with E-state index in [2.05, 4.69) is 16.0 Å². The minimum absolute atomic E-state index is 0.0479. The molecule has 0 aromatic heterocycles. The Balaban J connectivity index is 1.37. The fraction of sp³-hybridized carbons (Fsp3) is 0.0789. The maximum absolute atomic E-state index is 13.6. The number of halogens is 1. The monoisotopic (exact) mass is 677 g/mol. The lowest BCUT2D eigenvalue weighted by Gasteiger charge is -2.18. The highest BCUT2D eigenvalue weighted by Gasteiger charge is 2.23. The van der Waals surface area contributed by atoms with E-state index in [1.165, 1.54) is 18.9 Å². The predicted molar refractivity (Wildman–Crippen MR) is 192 cm³/mol. The van der Waals surface area contributed by atoms with Gasteiger partial charge in [-0.05, 0) is 77.9 Å². The summed E-state index contributed by atoms with van der Waals surface area (Å²) in [4.78, 5) is 41.1. The van der Waals surface area contributed by atoms with Gasteiger partial charge in [0, 0.05) is 21.8 Å². The van der Waals surface area contributed by atoms with E-state index < -0.39 is 17.1 Å². The molecule has 48 heavy (non-hydrogen) atoms. The van der Waals surface area contributed by atoms with Gasteiger partial charge in [-0.25, -0.2) is 0 Å². The zero-order chi connectivity index (χ0) is 33.9. The molecule has 242 valence electrons. The summed E-state index contributed by atoms with van der Waals surface area (Å²) in [5.74, 6) is -0.0360. The van der Waals surface area contributed by atoms with E-state index in [0.717, 1.165) is 10.5 Å². The SMILES string of the molecule is COc1ccc(/C=C(/NC(=O)c2ccccc2)C(=O)Nc2cccc(SC(C(=O)Nc3ccc(OC)c(Cl)c3)c3ccccc3)c2)cc1. The Bertz CT molecular complexity index is 1920. The van der Waals surface area contributed by atoms with E-state index in [-0.39, 0.29) is 11.6 Å². The second-order valence-corrected chi connectivity index (χ2v) is 12.0. The van der Waals surface area contributed by atoms with E-state index in [0.29, 0.717) is 39.0 Å². The summed E-state index contributed by atoms with van der Waals surface area (Å²) in [7, 11) is 3.10. The van der Waals surface area contributed by atoms with Gasteiger partial charge in [-0.3, -0.25) is 14.4 Å². The molecule has 0 fully saturated rings. The van der Waals surface area contributed by atoms with Crippen LogP contribution in [-0.2, 0) is 9.59 Å². The highest BCUT2D eigenvalue weighted by Crippen LogP contribution is 2.38. The molecule has 0 saturated carbocycles. The number of hydrogen-bond donors (Lipinski definition) is 3. The lowest BCUT2D eigenvalue weighted by atomic mass is 10.1. The number of nitrogens with one attached hydrogen (secondary N) is 3. The zero-order valence-corrected chi connectivity index (χ0v) is 27.7. The smallest absolute Gasteiger partial charge is 0.272 e. The molecule has 0 bridgehead atoms. The summed E-state index contributed by atoms with van der Waals surface area (Å²) in [5, 5.41) is 8.34. The first-order chi connectivity index (χ1) is 23.3. The predicted octanol–water partition coefficient (Wildman–Crippen LogP) is 8.24. The number of benzene rings is 5. The summed E-state index contributed by atoms with van der Waals surface area (Å²) >= 11 is 7.62. The number of methoxy groups -OCH3 is 2. The highest BCUT2D eigenvalue weighted by molar-refractivity contribution is 8.00. The van der Waals surface area contributed by atoms with Crippen LogP contribution in [0.25, 0.3) is 6.08 Å². The standard InChI is InChI=1S/C38H32ClN3O5S/c1-46-30-19-16-25(17-20-30)22-33(42-36(43)27-12-7-4-8-13-27)37(44)40-28-14-9-15-31(23-28)48-35(26-10-5-3-6-11-26)38(45)41-29-18-21-34(47-2)32(39)24-29/h3-24,35H,1-2H3,(H,40,44)(H,41,45)(H,42,43)/b33-22+. The number of carbonyl (C=O) groups excluding carboxylic acids is 3. The summed E-state index contributed by atoms with van der Waals surface area (Å²) in [6.07, 6.45) is 1.59. The van der Waals surface area contributed by atoms with Gasteiger partial charge in [0.15, 0.2) is 0 Å². The second kappa shape index (κ2) is 16.4. The molecule has 0 heterocycles. The number of carbonyl (C=O) groups is 3. The van der Waals surface area contributed by atoms with Crippen molar-refractivity contribution < 1.29 is 23.9 Å². The van der Waals surface area contributed by atoms with Gasteiger partial charge in [0.1, 0.15) is 22.4 Å². The molecule has 3 amide bonds. The largest absolute Gasteiger partial charge is 0.497 e. The van der Waals surface area contributed by atoms with Crippen molar-refractivity contribution in [3.05, 3.63) is 155 Å². The molecule has 0 aliphatic rings. The minimum Gasteiger partial charge on any atom is -0.497 e. The molecule has 1 atom stereocenters.